The van der Waals surface area contributed by atoms with Gasteiger partial charge in [0.15, 0.2) is 0 Å². The van der Waals surface area contributed by atoms with Crippen molar-refractivity contribution in [3.05, 3.63) is 60.2 Å². The maximum atomic E-state index is 11.6. The molecular formula is C19H24O3. The third-order valence-corrected chi connectivity index (χ3v) is 3.96. The van der Waals surface area contributed by atoms with Gasteiger partial charge in [-0.05, 0) is 24.1 Å². The van der Waals surface area contributed by atoms with Crippen LogP contribution in [-0.2, 0) is 9.53 Å². The molecule has 1 aliphatic rings. The minimum absolute atomic E-state index is 0.109. The van der Waals surface area contributed by atoms with Gasteiger partial charge in [0.1, 0.15) is 0 Å². The standard InChI is InChI=1S/C19H24O3/c1-2-3-4-8-15-22-19(18(20)21)13-11-17(12-14-19)16-9-6-5-7-10-16/h5-7,9-14,17H,2-4,8,15H2,1H3,(H,20,21). The SMILES string of the molecule is CCCCCCOC1(C(=O)O)C=CC(c2ccccc2)C=C1. The van der Waals surface area contributed by atoms with E-state index in [4.69, 9.17) is 4.74 Å². The molecule has 22 heavy (non-hydrogen) atoms. The van der Waals surface area contributed by atoms with Crippen molar-refractivity contribution in [2.24, 2.45) is 0 Å². The molecule has 2 rings (SSSR count). The van der Waals surface area contributed by atoms with Gasteiger partial charge in [0.2, 0.25) is 5.60 Å². The van der Waals surface area contributed by atoms with E-state index in [1.807, 2.05) is 42.5 Å². The van der Waals surface area contributed by atoms with Crippen molar-refractivity contribution in [3.63, 3.8) is 0 Å². The van der Waals surface area contributed by atoms with Crippen molar-refractivity contribution in [1.82, 2.24) is 0 Å². The highest BCUT2D eigenvalue weighted by Crippen LogP contribution is 2.29. The number of benzene rings is 1. The summed E-state index contributed by atoms with van der Waals surface area (Å²) in [6, 6.07) is 10.0. The summed E-state index contributed by atoms with van der Waals surface area (Å²) in [6.45, 7) is 2.62. The van der Waals surface area contributed by atoms with Gasteiger partial charge in [0, 0.05) is 12.5 Å². The fourth-order valence-electron chi connectivity index (χ4n) is 2.58. The highest BCUT2D eigenvalue weighted by molar-refractivity contribution is 5.83. The lowest BCUT2D eigenvalue weighted by Crippen LogP contribution is -2.39. The Bertz CT molecular complexity index is 517. The fourth-order valence-corrected chi connectivity index (χ4v) is 2.58. The van der Waals surface area contributed by atoms with Crippen molar-refractivity contribution in [2.75, 3.05) is 6.61 Å². The normalized spacial score (nSPS) is 23.6. The Kier molecular flexibility index (Phi) is 5.96. The molecule has 1 aromatic rings. The number of carboxylic acid groups (broad SMARTS) is 1. The maximum Gasteiger partial charge on any atom is 0.344 e. The molecule has 1 N–H and O–H groups in total. The van der Waals surface area contributed by atoms with Crippen LogP contribution in [-0.4, -0.2) is 23.3 Å². The average Bonchev–Trinajstić information content (AvgIpc) is 2.56. The lowest BCUT2D eigenvalue weighted by molar-refractivity contribution is -0.154. The molecule has 3 heteroatoms. The minimum Gasteiger partial charge on any atom is -0.479 e. The Balaban J connectivity index is 1.99. The van der Waals surface area contributed by atoms with E-state index in [9.17, 15) is 9.90 Å². The van der Waals surface area contributed by atoms with Crippen LogP contribution in [0.15, 0.2) is 54.6 Å². The van der Waals surface area contributed by atoms with Gasteiger partial charge in [-0.25, -0.2) is 4.79 Å². The number of carboxylic acids is 1. The number of unbranched alkanes of at least 4 members (excludes halogenated alkanes) is 3. The summed E-state index contributed by atoms with van der Waals surface area (Å²) >= 11 is 0. The largest absolute Gasteiger partial charge is 0.479 e. The van der Waals surface area contributed by atoms with Crippen LogP contribution in [0.5, 0.6) is 0 Å². The zero-order chi connectivity index (χ0) is 15.8. The second-order valence-electron chi connectivity index (χ2n) is 5.66. The molecule has 0 heterocycles. The monoisotopic (exact) mass is 300 g/mol. The number of ether oxygens (including phenoxy) is 1. The predicted molar refractivity (Wildman–Crippen MR) is 87.9 cm³/mol. The van der Waals surface area contributed by atoms with E-state index in [1.165, 1.54) is 0 Å². The van der Waals surface area contributed by atoms with E-state index in [-0.39, 0.29) is 5.92 Å². The van der Waals surface area contributed by atoms with Gasteiger partial charge in [-0.15, -0.1) is 0 Å². The van der Waals surface area contributed by atoms with Crippen LogP contribution >= 0.6 is 0 Å². The van der Waals surface area contributed by atoms with Gasteiger partial charge in [0.05, 0.1) is 0 Å². The minimum atomic E-state index is -1.31. The first-order valence-corrected chi connectivity index (χ1v) is 7.99. The molecule has 3 nitrogen and oxygen atoms in total. The molecule has 0 spiro atoms. The van der Waals surface area contributed by atoms with Crippen molar-refractivity contribution in [3.8, 4) is 0 Å². The van der Waals surface area contributed by atoms with Gasteiger partial charge in [-0.1, -0.05) is 68.7 Å². The molecule has 0 bridgehead atoms. The summed E-state index contributed by atoms with van der Waals surface area (Å²) in [4.78, 5) is 11.6. The van der Waals surface area contributed by atoms with E-state index in [1.54, 1.807) is 12.2 Å². The third-order valence-electron chi connectivity index (χ3n) is 3.96. The number of aliphatic carboxylic acids is 1. The Morgan fingerprint density at radius 1 is 1.14 bits per heavy atom. The number of rotatable bonds is 8. The van der Waals surface area contributed by atoms with Crippen LogP contribution in [0.2, 0.25) is 0 Å². The predicted octanol–water partition coefficient (Wildman–Crippen LogP) is 4.32. The zero-order valence-corrected chi connectivity index (χ0v) is 13.1. The van der Waals surface area contributed by atoms with Crippen molar-refractivity contribution in [2.45, 2.75) is 44.1 Å². The van der Waals surface area contributed by atoms with E-state index in [2.05, 4.69) is 6.92 Å². The zero-order valence-electron chi connectivity index (χ0n) is 13.1. The van der Waals surface area contributed by atoms with Gasteiger partial charge >= 0.3 is 5.97 Å². The van der Waals surface area contributed by atoms with E-state index in [0.29, 0.717) is 6.61 Å². The van der Waals surface area contributed by atoms with Crippen LogP contribution < -0.4 is 0 Å². The van der Waals surface area contributed by atoms with Crippen molar-refractivity contribution >= 4 is 5.97 Å². The van der Waals surface area contributed by atoms with Crippen molar-refractivity contribution in [1.29, 1.82) is 0 Å². The average molecular weight is 300 g/mol. The lowest BCUT2D eigenvalue weighted by atomic mass is 9.88. The van der Waals surface area contributed by atoms with Crippen LogP contribution in [0.1, 0.15) is 44.1 Å². The first-order valence-electron chi connectivity index (χ1n) is 7.99. The Labute approximate surface area is 132 Å². The lowest BCUT2D eigenvalue weighted by Gasteiger charge is -2.27. The first-order chi connectivity index (χ1) is 10.7. The van der Waals surface area contributed by atoms with E-state index in [0.717, 1.165) is 31.2 Å². The summed E-state index contributed by atoms with van der Waals surface area (Å²) in [5, 5.41) is 9.52. The Morgan fingerprint density at radius 3 is 2.41 bits per heavy atom. The molecule has 0 saturated carbocycles. The maximum absolute atomic E-state index is 11.6. The van der Waals surface area contributed by atoms with Crippen molar-refractivity contribution < 1.29 is 14.6 Å². The molecule has 0 aliphatic heterocycles. The third kappa shape index (κ3) is 4.08. The Hall–Kier alpha value is -1.87. The fraction of sp³-hybridized carbons (Fsp3) is 0.421. The summed E-state index contributed by atoms with van der Waals surface area (Å²) in [5.41, 5.74) is -0.158. The number of hydrogen-bond donors (Lipinski definition) is 1. The second kappa shape index (κ2) is 7.95. The van der Waals surface area contributed by atoms with Crippen LogP contribution in [0.25, 0.3) is 0 Å². The summed E-state index contributed by atoms with van der Waals surface area (Å²) in [7, 11) is 0. The second-order valence-corrected chi connectivity index (χ2v) is 5.66. The summed E-state index contributed by atoms with van der Waals surface area (Å²) < 4.78 is 5.69. The molecule has 1 aliphatic carbocycles. The summed E-state index contributed by atoms with van der Waals surface area (Å²) in [6.07, 6.45) is 11.5. The van der Waals surface area contributed by atoms with Crippen LogP contribution in [0.3, 0.4) is 0 Å². The number of hydrogen-bond acceptors (Lipinski definition) is 2. The molecule has 0 radical (unpaired) electrons. The quantitative estimate of drug-likeness (QED) is 0.574. The molecule has 1 aromatic carbocycles. The highest BCUT2D eigenvalue weighted by atomic mass is 16.5. The molecule has 0 unspecified atom stereocenters. The molecule has 0 amide bonds. The highest BCUT2D eigenvalue weighted by Gasteiger charge is 2.36. The summed E-state index contributed by atoms with van der Waals surface area (Å²) in [5.74, 6) is -0.848. The number of allylic oxidation sites excluding steroid dienone is 2. The van der Waals surface area contributed by atoms with Gasteiger partial charge in [0.25, 0.3) is 0 Å². The van der Waals surface area contributed by atoms with E-state index < -0.39 is 11.6 Å². The molecule has 118 valence electrons. The molecule has 0 fully saturated rings. The first kappa shape index (κ1) is 16.5. The van der Waals surface area contributed by atoms with Gasteiger partial charge in [-0.3, -0.25) is 0 Å². The van der Waals surface area contributed by atoms with Crippen LogP contribution in [0, 0.1) is 0 Å². The van der Waals surface area contributed by atoms with E-state index >= 15 is 0 Å². The molecular weight excluding hydrogens is 276 g/mol. The molecule has 0 aromatic heterocycles. The molecule has 0 saturated heterocycles. The molecule has 0 atom stereocenters. The topological polar surface area (TPSA) is 46.5 Å². The van der Waals surface area contributed by atoms with Gasteiger partial charge in [-0.2, -0.15) is 0 Å². The smallest absolute Gasteiger partial charge is 0.344 e. The van der Waals surface area contributed by atoms with Crippen LogP contribution in [0.4, 0.5) is 0 Å². The number of carbonyl (C=O) groups is 1. The Morgan fingerprint density at radius 2 is 1.82 bits per heavy atom. The van der Waals surface area contributed by atoms with Gasteiger partial charge < -0.3 is 9.84 Å².